The molecule has 2 heteroatoms. The van der Waals surface area contributed by atoms with Gasteiger partial charge in [-0.15, -0.1) is 12.6 Å². The molecule has 0 atom stereocenters. The van der Waals surface area contributed by atoms with Crippen molar-refractivity contribution in [2.45, 2.75) is 41.5 Å². The molecule has 0 aromatic heterocycles. The van der Waals surface area contributed by atoms with E-state index in [1.807, 2.05) is 6.08 Å². The lowest BCUT2D eigenvalue weighted by molar-refractivity contribution is 0.533. The van der Waals surface area contributed by atoms with Crippen molar-refractivity contribution in [3.8, 4) is 0 Å². The molecule has 0 aromatic carbocycles. The SMILES string of the molecule is CC(C)(C)C(=S)/C=C(\S)C(C)(C)C. The van der Waals surface area contributed by atoms with Gasteiger partial charge in [-0.1, -0.05) is 53.8 Å². The molecule has 0 unspecified atom stereocenters. The van der Waals surface area contributed by atoms with Crippen LogP contribution in [-0.4, -0.2) is 4.86 Å². The molecule has 0 bridgehead atoms. The predicted molar refractivity (Wildman–Crippen MR) is 68.6 cm³/mol. The molecule has 0 amide bonds. The Morgan fingerprint density at radius 2 is 1.38 bits per heavy atom. The molecular weight excluding hydrogens is 196 g/mol. The second kappa shape index (κ2) is 4.14. The van der Waals surface area contributed by atoms with Gasteiger partial charge in [-0.05, 0) is 21.8 Å². The molecule has 0 saturated carbocycles. The zero-order chi connectivity index (χ0) is 10.9. The molecule has 0 nitrogen and oxygen atoms in total. The van der Waals surface area contributed by atoms with Gasteiger partial charge in [0, 0.05) is 4.86 Å². The predicted octanol–water partition coefficient (Wildman–Crippen LogP) is 4.26. The monoisotopic (exact) mass is 216 g/mol. The van der Waals surface area contributed by atoms with E-state index >= 15 is 0 Å². The molecule has 0 heterocycles. The fourth-order valence-electron chi connectivity index (χ4n) is 0.557. The van der Waals surface area contributed by atoms with Crippen LogP contribution in [0.3, 0.4) is 0 Å². The van der Waals surface area contributed by atoms with Crippen LogP contribution in [0.5, 0.6) is 0 Å². The number of hydrogen-bond donors (Lipinski definition) is 1. The van der Waals surface area contributed by atoms with Crippen LogP contribution < -0.4 is 0 Å². The van der Waals surface area contributed by atoms with Crippen molar-refractivity contribution in [1.29, 1.82) is 0 Å². The van der Waals surface area contributed by atoms with Crippen LogP contribution in [0.15, 0.2) is 11.0 Å². The number of allylic oxidation sites excluding steroid dienone is 2. The molecule has 0 aliphatic heterocycles. The van der Waals surface area contributed by atoms with E-state index in [4.69, 9.17) is 12.2 Å². The topological polar surface area (TPSA) is 0 Å². The standard InChI is InChI=1S/C11H20S2/c1-10(2,3)8(12)7-9(13)11(4,5)6/h7,12H,1-6H3/b8-7-. The van der Waals surface area contributed by atoms with Crippen LogP contribution in [-0.2, 0) is 0 Å². The zero-order valence-corrected chi connectivity index (χ0v) is 11.1. The molecule has 0 radical (unpaired) electrons. The fraction of sp³-hybridized carbons (Fsp3) is 0.727. The summed E-state index contributed by atoms with van der Waals surface area (Å²) in [4.78, 5) is 2.01. The van der Waals surface area contributed by atoms with Crippen LogP contribution in [0.4, 0.5) is 0 Å². The maximum Gasteiger partial charge on any atom is 0.0213 e. The van der Waals surface area contributed by atoms with Gasteiger partial charge in [0.2, 0.25) is 0 Å². The summed E-state index contributed by atoms with van der Waals surface area (Å²) in [5.74, 6) is 0. The maximum atomic E-state index is 5.31. The summed E-state index contributed by atoms with van der Waals surface area (Å²) in [6, 6.07) is 0. The van der Waals surface area contributed by atoms with Gasteiger partial charge in [0.1, 0.15) is 0 Å². The largest absolute Gasteiger partial charge is 0.147 e. The van der Waals surface area contributed by atoms with Gasteiger partial charge >= 0.3 is 0 Å². The molecule has 0 spiro atoms. The Bertz CT molecular complexity index is 223. The number of thiocarbonyl (C=S) groups is 1. The highest BCUT2D eigenvalue weighted by Crippen LogP contribution is 2.30. The van der Waals surface area contributed by atoms with E-state index in [2.05, 4.69) is 54.2 Å². The molecule has 0 aliphatic carbocycles. The van der Waals surface area contributed by atoms with Crippen LogP contribution in [0.1, 0.15) is 41.5 Å². The van der Waals surface area contributed by atoms with Crippen LogP contribution in [0.25, 0.3) is 0 Å². The van der Waals surface area contributed by atoms with E-state index in [1.54, 1.807) is 0 Å². The lowest BCUT2D eigenvalue weighted by atomic mass is 9.88. The maximum absolute atomic E-state index is 5.31. The average molecular weight is 216 g/mol. The van der Waals surface area contributed by atoms with Crippen LogP contribution in [0.2, 0.25) is 0 Å². The molecular formula is C11H20S2. The Labute approximate surface area is 93.2 Å². The van der Waals surface area contributed by atoms with Crippen molar-refractivity contribution >= 4 is 29.7 Å². The van der Waals surface area contributed by atoms with E-state index in [0.717, 1.165) is 9.77 Å². The van der Waals surface area contributed by atoms with Crippen LogP contribution >= 0.6 is 24.8 Å². The van der Waals surface area contributed by atoms with Crippen LogP contribution in [0, 0.1) is 10.8 Å². The summed E-state index contributed by atoms with van der Waals surface area (Å²) < 4.78 is 0. The second-order valence-corrected chi connectivity index (χ2v) is 6.32. The third-order valence-corrected chi connectivity index (χ3v) is 3.31. The highest BCUT2D eigenvalue weighted by molar-refractivity contribution is 7.85. The Kier molecular flexibility index (Phi) is 4.20. The van der Waals surface area contributed by atoms with E-state index in [-0.39, 0.29) is 10.8 Å². The summed E-state index contributed by atoms with van der Waals surface area (Å²) in [5, 5.41) is 0. The lowest BCUT2D eigenvalue weighted by Crippen LogP contribution is -2.17. The van der Waals surface area contributed by atoms with Crippen molar-refractivity contribution in [3.05, 3.63) is 11.0 Å². The summed E-state index contributed by atoms with van der Waals surface area (Å²) >= 11 is 9.77. The highest BCUT2D eigenvalue weighted by atomic mass is 32.1. The Morgan fingerprint density at radius 1 is 1.00 bits per heavy atom. The summed E-state index contributed by atoms with van der Waals surface area (Å²) in [5.41, 5.74) is 0.160. The number of hydrogen-bond acceptors (Lipinski definition) is 2. The molecule has 0 aliphatic rings. The summed E-state index contributed by atoms with van der Waals surface area (Å²) in [6.45, 7) is 12.8. The molecule has 0 aromatic rings. The fourth-order valence-corrected chi connectivity index (χ4v) is 0.891. The van der Waals surface area contributed by atoms with Gasteiger partial charge < -0.3 is 0 Å². The molecule has 76 valence electrons. The van der Waals surface area contributed by atoms with Gasteiger partial charge in [0.15, 0.2) is 0 Å². The smallest absolute Gasteiger partial charge is 0.0213 e. The van der Waals surface area contributed by atoms with Gasteiger partial charge in [0.25, 0.3) is 0 Å². The average Bonchev–Trinajstić information content (AvgIpc) is 1.82. The molecule has 0 saturated heterocycles. The first kappa shape index (κ1) is 13.2. The first-order chi connectivity index (χ1) is 5.55. The molecule has 0 N–H and O–H groups in total. The second-order valence-electron chi connectivity index (χ2n) is 5.39. The Balaban J connectivity index is 4.70. The van der Waals surface area contributed by atoms with E-state index < -0.39 is 0 Å². The Morgan fingerprint density at radius 3 is 1.62 bits per heavy atom. The third-order valence-electron chi connectivity index (χ3n) is 1.78. The number of thiol groups is 1. The van der Waals surface area contributed by atoms with E-state index in [9.17, 15) is 0 Å². The van der Waals surface area contributed by atoms with Gasteiger partial charge in [0.05, 0.1) is 0 Å². The van der Waals surface area contributed by atoms with Crippen molar-refractivity contribution in [2.75, 3.05) is 0 Å². The first-order valence-corrected chi connectivity index (χ1v) is 5.36. The quantitative estimate of drug-likeness (QED) is 0.388. The summed E-state index contributed by atoms with van der Waals surface area (Å²) in [6.07, 6.45) is 2.01. The van der Waals surface area contributed by atoms with Gasteiger partial charge in [-0.2, -0.15) is 0 Å². The molecule has 0 rings (SSSR count). The Hall–Kier alpha value is 0.180. The van der Waals surface area contributed by atoms with E-state index in [1.165, 1.54) is 0 Å². The normalized spacial score (nSPS) is 14.5. The number of rotatable bonds is 1. The van der Waals surface area contributed by atoms with Gasteiger partial charge in [-0.3, -0.25) is 0 Å². The van der Waals surface area contributed by atoms with Crippen molar-refractivity contribution in [1.82, 2.24) is 0 Å². The minimum atomic E-state index is 0.0641. The van der Waals surface area contributed by atoms with Crippen molar-refractivity contribution < 1.29 is 0 Å². The first-order valence-electron chi connectivity index (χ1n) is 4.51. The minimum Gasteiger partial charge on any atom is -0.147 e. The van der Waals surface area contributed by atoms with Gasteiger partial charge in [-0.25, -0.2) is 0 Å². The lowest BCUT2D eigenvalue weighted by Gasteiger charge is -2.22. The minimum absolute atomic E-state index is 0.0641. The molecule has 0 fully saturated rings. The van der Waals surface area contributed by atoms with Crippen molar-refractivity contribution in [3.63, 3.8) is 0 Å². The highest BCUT2D eigenvalue weighted by Gasteiger charge is 2.19. The summed E-state index contributed by atoms with van der Waals surface area (Å²) in [7, 11) is 0. The molecule has 13 heavy (non-hydrogen) atoms. The van der Waals surface area contributed by atoms with E-state index in [0.29, 0.717) is 0 Å². The van der Waals surface area contributed by atoms with Crippen molar-refractivity contribution in [2.24, 2.45) is 10.8 Å². The third kappa shape index (κ3) is 4.82. The zero-order valence-electron chi connectivity index (χ0n) is 9.43.